The maximum atomic E-state index is 13.9. The number of aryl methyl sites for hydroxylation is 2. The van der Waals surface area contributed by atoms with Crippen molar-refractivity contribution in [2.45, 2.75) is 24.0 Å². The van der Waals surface area contributed by atoms with Crippen LogP contribution in [-0.2, 0) is 9.59 Å². The number of benzene rings is 6. The summed E-state index contributed by atoms with van der Waals surface area (Å²) in [6, 6.07) is 45.4. The maximum Gasteiger partial charge on any atom is 0.272 e. The Morgan fingerprint density at radius 2 is 1.37 bits per heavy atom. The molecular weight excluding hydrogens is 627 g/mol. The van der Waals surface area contributed by atoms with Crippen LogP contribution in [0.25, 0.3) is 16.8 Å². The molecule has 0 saturated heterocycles. The summed E-state index contributed by atoms with van der Waals surface area (Å²) < 4.78 is 0. The van der Waals surface area contributed by atoms with Gasteiger partial charge in [0.1, 0.15) is 10.9 Å². The predicted molar refractivity (Wildman–Crippen MR) is 200 cm³/mol. The molecule has 6 aromatic rings. The molecule has 49 heavy (non-hydrogen) atoms. The van der Waals surface area contributed by atoms with Crippen LogP contribution in [0.1, 0.15) is 37.9 Å². The number of carbonyl (C=O) groups excluding carboxylic acids is 3. The summed E-state index contributed by atoms with van der Waals surface area (Å²) in [6.07, 6.45) is 1.69. The number of thioether (sulfide) groups is 1. The van der Waals surface area contributed by atoms with Gasteiger partial charge in [0.15, 0.2) is 0 Å². The monoisotopic (exact) mass is 661 g/mol. The smallest absolute Gasteiger partial charge is 0.272 e. The fourth-order valence-corrected chi connectivity index (χ4v) is 6.59. The quantitative estimate of drug-likeness (QED) is 0.101. The van der Waals surface area contributed by atoms with Crippen LogP contribution in [-0.4, -0.2) is 17.7 Å². The van der Waals surface area contributed by atoms with Crippen LogP contribution >= 0.6 is 11.8 Å². The van der Waals surface area contributed by atoms with Crippen LogP contribution in [0.2, 0.25) is 0 Å². The third-order valence-corrected chi connectivity index (χ3v) is 9.23. The van der Waals surface area contributed by atoms with Crippen molar-refractivity contribution in [2.24, 2.45) is 0 Å². The molecule has 1 atom stereocenters. The topological polar surface area (TPSA) is 87.3 Å². The van der Waals surface area contributed by atoms with Crippen molar-refractivity contribution in [3.8, 4) is 0 Å². The Kier molecular flexibility index (Phi) is 10.3. The molecule has 3 amide bonds. The van der Waals surface area contributed by atoms with Gasteiger partial charge in [-0.1, -0.05) is 115 Å². The van der Waals surface area contributed by atoms with Gasteiger partial charge >= 0.3 is 0 Å². The molecule has 6 rings (SSSR count). The van der Waals surface area contributed by atoms with E-state index in [-0.39, 0.29) is 11.6 Å². The molecule has 6 aromatic carbocycles. The second kappa shape index (κ2) is 15.3. The van der Waals surface area contributed by atoms with E-state index in [4.69, 9.17) is 0 Å². The minimum absolute atomic E-state index is 0.0956. The van der Waals surface area contributed by atoms with Gasteiger partial charge in [-0.25, -0.2) is 0 Å². The highest BCUT2D eigenvalue weighted by molar-refractivity contribution is 8.00. The first-order chi connectivity index (χ1) is 23.8. The normalized spacial score (nSPS) is 11.8. The Bertz CT molecular complexity index is 2160. The van der Waals surface area contributed by atoms with Crippen LogP contribution < -0.4 is 16.0 Å². The molecule has 0 radical (unpaired) electrons. The summed E-state index contributed by atoms with van der Waals surface area (Å²) in [5, 5.41) is 10.3. The van der Waals surface area contributed by atoms with E-state index >= 15 is 0 Å². The highest BCUT2D eigenvalue weighted by Gasteiger charge is 2.23. The fourth-order valence-electron chi connectivity index (χ4n) is 5.51. The van der Waals surface area contributed by atoms with Crippen LogP contribution in [0.3, 0.4) is 0 Å². The molecule has 0 aliphatic carbocycles. The van der Waals surface area contributed by atoms with E-state index in [1.54, 1.807) is 36.4 Å². The lowest BCUT2D eigenvalue weighted by Gasteiger charge is -2.19. The molecule has 7 heteroatoms. The van der Waals surface area contributed by atoms with Gasteiger partial charge in [-0.15, -0.1) is 11.8 Å². The van der Waals surface area contributed by atoms with Crippen LogP contribution in [0.5, 0.6) is 0 Å². The molecule has 0 bridgehead atoms. The summed E-state index contributed by atoms with van der Waals surface area (Å²) in [4.78, 5) is 41.6. The third-order valence-electron chi connectivity index (χ3n) is 7.98. The van der Waals surface area contributed by atoms with Crippen LogP contribution in [0.4, 0.5) is 11.4 Å². The first kappa shape index (κ1) is 33.0. The van der Waals surface area contributed by atoms with Gasteiger partial charge in [0.05, 0.1) is 0 Å². The van der Waals surface area contributed by atoms with Gasteiger partial charge in [0, 0.05) is 21.8 Å². The van der Waals surface area contributed by atoms with E-state index in [9.17, 15) is 14.4 Å². The Labute approximate surface area is 290 Å². The first-order valence-electron chi connectivity index (χ1n) is 15.9. The second-order valence-corrected chi connectivity index (χ2v) is 12.8. The number of rotatable bonds is 10. The van der Waals surface area contributed by atoms with E-state index < -0.39 is 17.1 Å². The van der Waals surface area contributed by atoms with Crippen LogP contribution in [0, 0.1) is 13.8 Å². The summed E-state index contributed by atoms with van der Waals surface area (Å²) in [6.45, 7) is 4.00. The molecule has 242 valence electrons. The van der Waals surface area contributed by atoms with E-state index in [2.05, 4.69) is 16.0 Å². The number of amides is 3. The Morgan fingerprint density at radius 3 is 2.14 bits per heavy atom. The first-order valence-corrected chi connectivity index (χ1v) is 16.8. The standard InChI is InChI=1S/C42H35N3O3S/c1-28-23-24-37(29(2)25-28)44-42(48)39(31-14-5-3-6-15-31)49-35-21-12-20-34(27-35)43-41(47)38(45-40(46)32-16-7-4-8-17-32)26-33-19-11-18-30-13-9-10-22-36(30)33/h3-27,39H,1-2H3,(H,43,47)(H,44,48)(H,45,46)/b38-26+. The molecule has 0 aliphatic rings. The molecule has 6 nitrogen and oxygen atoms in total. The SMILES string of the molecule is Cc1ccc(NC(=O)C(Sc2cccc(NC(=O)/C(=C\c3cccc4ccccc34)NC(=O)c3ccccc3)c2)c2ccccc2)c(C)c1. The summed E-state index contributed by atoms with van der Waals surface area (Å²) in [7, 11) is 0. The van der Waals surface area contributed by atoms with E-state index in [0.29, 0.717) is 11.3 Å². The van der Waals surface area contributed by atoms with E-state index in [1.807, 2.05) is 129 Å². The van der Waals surface area contributed by atoms with Crippen molar-refractivity contribution < 1.29 is 14.4 Å². The van der Waals surface area contributed by atoms with Gasteiger partial charge in [-0.05, 0) is 83.8 Å². The minimum Gasteiger partial charge on any atom is -0.325 e. The fraction of sp³-hybridized carbons (Fsp3) is 0.0714. The van der Waals surface area contributed by atoms with Gasteiger partial charge in [0.25, 0.3) is 11.8 Å². The third kappa shape index (κ3) is 8.33. The van der Waals surface area contributed by atoms with Crippen molar-refractivity contribution in [3.05, 3.63) is 179 Å². The molecule has 1 unspecified atom stereocenters. The molecular formula is C42H35N3O3S. The lowest BCUT2D eigenvalue weighted by molar-refractivity contribution is -0.116. The van der Waals surface area contributed by atoms with Crippen molar-refractivity contribution >= 4 is 57.7 Å². The number of nitrogens with one attached hydrogen (secondary N) is 3. The summed E-state index contributed by atoms with van der Waals surface area (Å²) >= 11 is 1.39. The summed E-state index contributed by atoms with van der Waals surface area (Å²) in [5.74, 6) is -1.03. The number of fused-ring (bicyclic) bond motifs is 1. The zero-order chi connectivity index (χ0) is 34.2. The molecule has 0 aromatic heterocycles. The molecule has 0 fully saturated rings. The Balaban J connectivity index is 1.27. The van der Waals surface area contributed by atoms with Gasteiger partial charge in [0.2, 0.25) is 5.91 Å². The van der Waals surface area contributed by atoms with Gasteiger partial charge < -0.3 is 16.0 Å². The van der Waals surface area contributed by atoms with Crippen molar-refractivity contribution in [2.75, 3.05) is 10.6 Å². The molecule has 0 heterocycles. The number of carbonyl (C=O) groups is 3. The number of anilines is 2. The molecule has 0 spiro atoms. The number of hydrogen-bond donors (Lipinski definition) is 3. The largest absolute Gasteiger partial charge is 0.325 e. The lowest BCUT2D eigenvalue weighted by Crippen LogP contribution is -2.30. The zero-order valence-corrected chi connectivity index (χ0v) is 28.0. The van der Waals surface area contributed by atoms with Gasteiger partial charge in [-0.3, -0.25) is 14.4 Å². The van der Waals surface area contributed by atoms with Gasteiger partial charge in [-0.2, -0.15) is 0 Å². The lowest BCUT2D eigenvalue weighted by atomic mass is 10.0. The summed E-state index contributed by atoms with van der Waals surface area (Å²) in [5.41, 5.74) is 5.58. The van der Waals surface area contributed by atoms with E-state index in [1.165, 1.54) is 11.8 Å². The van der Waals surface area contributed by atoms with Crippen LogP contribution in [0.15, 0.2) is 156 Å². The molecule has 0 saturated carbocycles. The Hall–Kier alpha value is -5.92. The number of hydrogen-bond acceptors (Lipinski definition) is 4. The molecule has 0 aliphatic heterocycles. The van der Waals surface area contributed by atoms with E-state index in [0.717, 1.165) is 43.6 Å². The molecule has 3 N–H and O–H groups in total. The van der Waals surface area contributed by atoms with Crippen molar-refractivity contribution in [1.29, 1.82) is 0 Å². The second-order valence-electron chi connectivity index (χ2n) is 11.6. The minimum atomic E-state index is -0.556. The zero-order valence-electron chi connectivity index (χ0n) is 27.1. The average molecular weight is 662 g/mol. The maximum absolute atomic E-state index is 13.9. The van der Waals surface area contributed by atoms with Crippen molar-refractivity contribution in [1.82, 2.24) is 5.32 Å². The highest BCUT2D eigenvalue weighted by atomic mass is 32.2. The van der Waals surface area contributed by atoms with Crippen molar-refractivity contribution in [3.63, 3.8) is 0 Å². The predicted octanol–water partition coefficient (Wildman–Crippen LogP) is 9.34. The average Bonchev–Trinajstić information content (AvgIpc) is 3.12. The Morgan fingerprint density at radius 1 is 0.673 bits per heavy atom. The highest BCUT2D eigenvalue weighted by Crippen LogP contribution is 2.37.